The minimum atomic E-state index is -0.305. The Morgan fingerprint density at radius 3 is 2.61 bits per heavy atom. The van der Waals surface area contributed by atoms with Gasteiger partial charge in [0.2, 0.25) is 0 Å². The molecule has 11 heteroatoms. The van der Waals surface area contributed by atoms with E-state index in [1.54, 1.807) is 30.9 Å². The van der Waals surface area contributed by atoms with Gasteiger partial charge in [0.05, 0.1) is 29.3 Å². The fourth-order valence-electron chi connectivity index (χ4n) is 5.70. The molecule has 0 radical (unpaired) electrons. The van der Waals surface area contributed by atoms with Crippen molar-refractivity contribution in [2.75, 3.05) is 45.6 Å². The summed E-state index contributed by atoms with van der Waals surface area (Å²) < 4.78 is 20.9. The molecule has 6 heterocycles. The van der Waals surface area contributed by atoms with Gasteiger partial charge in [-0.25, -0.2) is 9.37 Å². The fourth-order valence-corrected chi connectivity index (χ4v) is 5.70. The molecule has 4 N–H and O–H groups in total. The van der Waals surface area contributed by atoms with Crippen LogP contribution < -0.4 is 15.4 Å². The van der Waals surface area contributed by atoms with Crippen molar-refractivity contribution >= 4 is 27.6 Å². The molecule has 0 atom stereocenters. The van der Waals surface area contributed by atoms with E-state index in [-0.39, 0.29) is 11.9 Å². The number of ether oxygens (including phenoxy) is 1. The van der Waals surface area contributed by atoms with Gasteiger partial charge >= 0.3 is 0 Å². The zero-order valence-corrected chi connectivity index (χ0v) is 24.7. The molecule has 1 aromatic carbocycles. The van der Waals surface area contributed by atoms with Gasteiger partial charge in [-0.3, -0.25) is 15.1 Å². The zero-order chi connectivity index (χ0) is 30.0. The maximum atomic E-state index is 14.7. The van der Waals surface area contributed by atoms with Crippen molar-refractivity contribution in [3.8, 4) is 39.4 Å². The van der Waals surface area contributed by atoms with Gasteiger partial charge in [-0.1, -0.05) is 0 Å². The number of benzene rings is 1. The van der Waals surface area contributed by atoms with E-state index in [4.69, 9.17) is 4.74 Å². The number of likely N-dealkylation sites (N-methyl/N-ethyl adjacent to an activating group) is 1. The molecular weight excluding hydrogens is 557 g/mol. The molecule has 10 nitrogen and oxygen atoms in total. The summed E-state index contributed by atoms with van der Waals surface area (Å²) in [6, 6.07) is 11.1. The van der Waals surface area contributed by atoms with E-state index in [1.807, 2.05) is 38.5 Å². The van der Waals surface area contributed by atoms with Crippen LogP contribution in [0.5, 0.6) is 5.75 Å². The summed E-state index contributed by atoms with van der Waals surface area (Å²) >= 11 is 0. The first-order chi connectivity index (χ1) is 21.5. The minimum absolute atomic E-state index is 0.189. The lowest BCUT2D eigenvalue weighted by Crippen LogP contribution is -2.34. The number of fused-ring (bicyclic) bond motifs is 2. The predicted molar refractivity (Wildman–Crippen MR) is 171 cm³/mol. The first-order valence-electron chi connectivity index (χ1n) is 14.8. The van der Waals surface area contributed by atoms with Crippen LogP contribution in [0.25, 0.3) is 55.6 Å². The Balaban J connectivity index is 1.21. The number of rotatable bonds is 9. The van der Waals surface area contributed by atoms with Crippen LogP contribution in [-0.2, 0) is 0 Å². The lowest BCUT2D eigenvalue weighted by molar-refractivity contribution is 0.162. The molecule has 5 aromatic heterocycles. The molecule has 0 spiro atoms. The van der Waals surface area contributed by atoms with Gasteiger partial charge in [-0.2, -0.15) is 5.10 Å². The third-order valence-corrected chi connectivity index (χ3v) is 7.96. The van der Waals surface area contributed by atoms with Crippen LogP contribution in [0.2, 0.25) is 0 Å². The van der Waals surface area contributed by atoms with E-state index >= 15 is 0 Å². The van der Waals surface area contributed by atoms with Gasteiger partial charge in [0.15, 0.2) is 5.65 Å². The number of hydrogen-bond acceptors (Lipinski definition) is 8. The second-order valence-electron chi connectivity index (χ2n) is 11.5. The van der Waals surface area contributed by atoms with Crippen LogP contribution in [0.4, 0.5) is 10.1 Å². The molecule has 7 rings (SSSR count). The third-order valence-electron chi connectivity index (χ3n) is 7.96. The molecular formula is C33H34FN9O. The second kappa shape index (κ2) is 12.0. The molecule has 0 aliphatic carbocycles. The molecule has 0 unspecified atom stereocenters. The Hall–Kier alpha value is -4.87. The number of hydrogen-bond donors (Lipinski definition) is 4. The highest BCUT2D eigenvalue weighted by Gasteiger charge is 2.17. The van der Waals surface area contributed by atoms with Gasteiger partial charge in [0, 0.05) is 64.8 Å². The van der Waals surface area contributed by atoms with Gasteiger partial charge in [-0.15, -0.1) is 0 Å². The van der Waals surface area contributed by atoms with Crippen LogP contribution in [0.1, 0.15) is 12.8 Å². The molecule has 0 amide bonds. The van der Waals surface area contributed by atoms with Crippen molar-refractivity contribution in [2.24, 2.45) is 0 Å². The lowest BCUT2D eigenvalue weighted by Gasteiger charge is -2.23. The van der Waals surface area contributed by atoms with E-state index in [0.29, 0.717) is 12.2 Å². The van der Waals surface area contributed by atoms with Crippen molar-refractivity contribution in [3.05, 3.63) is 73.2 Å². The van der Waals surface area contributed by atoms with Crippen LogP contribution >= 0.6 is 0 Å². The van der Waals surface area contributed by atoms with Crippen LogP contribution in [-0.4, -0.2) is 81.4 Å². The first-order valence-corrected chi connectivity index (χ1v) is 14.8. The highest BCUT2D eigenvalue weighted by Crippen LogP contribution is 2.35. The van der Waals surface area contributed by atoms with Crippen molar-refractivity contribution in [3.63, 3.8) is 0 Å². The van der Waals surface area contributed by atoms with Crippen molar-refractivity contribution in [1.82, 2.24) is 40.3 Å². The van der Waals surface area contributed by atoms with Crippen LogP contribution in [0, 0.1) is 5.82 Å². The van der Waals surface area contributed by atoms with Gasteiger partial charge in [-0.05, 0) is 82.0 Å². The lowest BCUT2D eigenvalue weighted by atomic mass is 10.0. The highest BCUT2D eigenvalue weighted by atomic mass is 19.1. The molecule has 1 aliphatic rings. The monoisotopic (exact) mass is 591 g/mol. The second-order valence-corrected chi connectivity index (χ2v) is 11.5. The van der Waals surface area contributed by atoms with E-state index in [0.717, 1.165) is 93.8 Å². The van der Waals surface area contributed by atoms with E-state index in [9.17, 15) is 4.39 Å². The van der Waals surface area contributed by atoms with Crippen molar-refractivity contribution < 1.29 is 9.13 Å². The average molecular weight is 592 g/mol. The maximum absolute atomic E-state index is 14.7. The Morgan fingerprint density at radius 1 is 0.909 bits per heavy atom. The summed E-state index contributed by atoms with van der Waals surface area (Å²) in [7, 11) is 4.02. The van der Waals surface area contributed by atoms with E-state index in [2.05, 4.69) is 51.7 Å². The number of nitrogens with one attached hydrogen (secondary N) is 4. The number of piperidine rings is 1. The Labute approximate surface area is 254 Å². The van der Waals surface area contributed by atoms with E-state index in [1.165, 1.54) is 6.07 Å². The Bertz CT molecular complexity index is 1930. The van der Waals surface area contributed by atoms with Crippen molar-refractivity contribution in [1.29, 1.82) is 0 Å². The summed E-state index contributed by atoms with van der Waals surface area (Å²) in [5.41, 5.74) is 7.22. The molecule has 6 aromatic rings. The molecule has 1 saturated heterocycles. The number of aromatic amines is 2. The molecule has 1 fully saturated rings. The quantitative estimate of drug-likeness (QED) is 0.175. The largest absolute Gasteiger partial charge is 0.489 e. The number of anilines is 1. The number of nitrogens with zero attached hydrogens (tertiary/aromatic N) is 5. The van der Waals surface area contributed by atoms with Gasteiger partial charge in [0.1, 0.15) is 17.7 Å². The van der Waals surface area contributed by atoms with Crippen LogP contribution in [0.3, 0.4) is 0 Å². The Kier molecular flexibility index (Phi) is 7.63. The first kappa shape index (κ1) is 27.9. The summed E-state index contributed by atoms with van der Waals surface area (Å²) in [6.45, 7) is 3.48. The molecule has 224 valence electrons. The maximum Gasteiger partial charge on any atom is 0.181 e. The topological polar surface area (TPSA) is 120 Å². The standard InChI is InChI=1S/C33H34FN9O/c1-43(2)8-7-38-24-10-20(9-23(34)13-24)29-18-37-19-31-27(29)14-30(40-31)32-28-12-22(16-39-33(28)42-41-32)21-11-26(17-36-15-21)44-25-3-5-35-6-4-25/h9-19,25,35,38,40H,3-8H2,1-2H3,(H,39,41,42). The number of halogens is 1. The normalized spacial score (nSPS) is 14.1. The summed E-state index contributed by atoms with van der Waals surface area (Å²) in [4.78, 5) is 19.1. The Morgan fingerprint density at radius 2 is 1.75 bits per heavy atom. The molecule has 1 aliphatic heterocycles. The number of H-pyrrole nitrogens is 2. The third kappa shape index (κ3) is 5.84. The number of pyridine rings is 3. The smallest absolute Gasteiger partial charge is 0.181 e. The predicted octanol–water partition coefficient (Wildman–Crippen LogP) is 5.47. The average Bonchev–Trinajstić information content (AvgIpc) is 3.65. The fraction of sp³-hybridized carbons (Fsp3) is 0.273. The highest BCUT2D eigenvalue weighted by molar-refractivity contribution is 6.00. The molecule has 44 heavy (non-hydrogen) atoms. The number of aromatic nitrogens is 6. The minimum Gasteiger partial charge on any atom is -0.489 e. The molecule has 0 saturated carbocycles. The summed E-state index contributed by atoms with van der Waals surface area (Å²) in [5.74, 6) is 0.450. The van der Waals surface area contributed by atoms with Crippen molar-refractivity contribution in [2.45, 2.75) is 18.9 Å². The van der Waals surface area contributed by atoms with Gasteiger partial charge in [0.25, 0.3) is 0 Å². The van der Waals surface area contributed by atoms with Gasteiger partial charge < -0.3 is 25.3 Å². The summed E-state index contributed by atoms with van der Waals surface area (Å²) in [6.07, 6.45) is 11.1. The zero-order valence-electron chi connectivity index (χ0n) is 24.7. The van der Waals surface area contributed by atoms with Crippen LogP contribution in [0.15, 0.2) is 67.4 Å². The summed E-state index contributed by atoms with van der Waals surface area (Å²) in [5, 5.41) is 16.1. The SMILES string of the molecule is CN(C)CCNc1cc(F)cc(-c2cncc3[nH]c(-c4[nH]nc5ncc(-c6cncc(OC7CCNCC7)c6)cc45)cc23)c1. The van der Waals surface area contributed by atoms with E-state index < -0.39 is 0 Å². The molecule has 0 bridgehead atoms.